The predicted octanol–water partition coefficient (Wildman–Crippen LogP) is 0.0307. The van der Waals surface area contributed by atoms with Crippen molar-refractivity contribution < 1.29 is 14.5 Å². The zero-order valence-electron chi connectivity index (χ0n) is 10.4. The van der Waals surface area contributed by atoms with Gasteiger partial charge >= 0.3 is 0 Å². The summed E-state index contributed by atoms with van der Waals surface area (Å²) in [5.41, 5.74) is -0.382. The van der Waals surface area contributed by atoms with E-state index < -0.39 is 16.9 Å². The molecular formula is C11H9N5O4. The van der Waals surface area contributed by atoms with E-state index in [1.165, 1.54) is 7.05 Å². The average Bonchev–Trinajstić information content (AvgIpc) is 2.66. The Balaban J connectivity index is 2.27. The van der Waals surface area contributed by atoms with Gasteiger partial charge in [0.2, 0.25) is 5.91 Å². The number of rotatable bonds is 3. The number of carbonyl (C=O) groups excluding carboxylic acids is 2. The second kappa shape index (κ2) is 4.93. The predicted molar refractivity (Wildman–Crippen MR) is 65.4 cm³/mol. The summed E-state index contributed by atoms with van der Waals surface area (Å²) in [4.78, 5) is 37.8. The van der Waals surface area contributed by atoms with Crippen molar-refractivity contribution in [3.63, 3.8) is 0 Å². The van der Waals surface area contributed by atoms with Crippen LogP contribution in [0.15, 0.2) is 12.3 Å². The first kappa shape index (κ1) is 13.4. The summed E-state index contributed by atoms with van der Waals surface area (Å²) in [5.74, 6) is -0.730. The van der Waals surface area contributed by atoms with Crippen LogP contribution >= 0.6 is 0 Å². The van der Waals surface area contributed by atoms with E-state index in [0.717, 1.165) is 17.2 Å². The fourth-order valence-corrected chi connectivity index (χ4v) is 1.79. The van der Waals surface area contributed by atoms with E-state index in [4.69, 9.17) is 5.26 Å². The minimum atomic E-state index is -0.812. The third kappa shape index (κ3) is 2.26. The van der Waals surface area contributed by atoms with Crippen LogP contribution in [0, 0.1) is 21.4 Å². The number of pyridine rings is 1. The molecule has 1 aromatic heterocycles. The topological polar surface area (TPSA) is 129 Å². The van der Waals surface area contributed by atoms with E-state index in [9.17, 15) is 19.7 Å². The van der Waals surface area contributed by atoms with Gasteiger partial charge in [0.05, 0.1) is 11.3 Å². The molecule has 1 aliphatic rings. The fraction of sp³-hybridized carbons (Fsp3) is 0.273. The molecule has 1 N–H and O–H groups in total. The summed E-state index contributed by atoms with van der Waals surface area (Å²) >= 11 is 0. The van der Waals surface area contributed by atoms with Gasteiger partial charge in [-0.05, 0) is 0 Å². The monoisotopic (exact) mass is 275 g/mol. The SMILES string of the molecule is CN1C(=O)CC(Nc2ncc([N+](=O)[O-])cc2C#N)C1=O. The number of imide groups is 1. The Morgan fingerprint density at radius 3 is 2.80 bits per heavy atom. The van der Waals surface area contributed by atoms with Gasteiger partial charge in [-0.15, -0.1) is 0 Å². The average molecular weight is 275 g/mol. The smallest absolute Gasteiger partial charge is 0.289 e. The highest BCUT2D eigenvalue weighted by Crippen LogP contribution is 2.21. The number of hydrogen-bond donors (Lipinski definition) is 1. The number of anilines is 1. The van der Waals surface area contributed by atoms with E-state index in [0.29, 0.717) is 0 Å². The van der Waals surface area contributed by atoms with Gasteiger partial charge < -0.3 is 5.32 Å². The molecule has 2 heterocycles. The van der Waals surface area contributed by atoms with Crippen LogP contribution in [-0.2, 0) is 9.59 Å². The van der Waals surface area contributed by atoms with E-state index in [2.05, 4.69) is 10.3 Å². The van der Waals surface area contributed by atoms with Crippen LogP contribution < -0.4 is 5.32 Å². The van der Waals surface area contributed by atoms with Crippen molar-refractivity contribution in [1.29, 1.82) is 5.26 Å². The molecule has 1 aromatic rings. The summed E-state index contributed by atoms with van der Waals surface area (Å²) in [6.45, 7) is 0. The molecule has 0 radical (unpaired) electrons. The number of likely N-dealkylation sites (tertiary alicyclic amines) is 1. The summed E-state index contributed by atoms with van der Waals surface area (Å²) in [7, 11) is 1.36. The molecular weight excluding hydrogens is 266 g/mol. The highest BCUT2D eigenvalue weighted by Gasteiger charge is 2.36. The summed E-state index contributed by atoms with van der Waals surface area (Å²) in [5, 5.41) is 22.2. The first-order chi connectivity index (χ1) is 9.43. The number of nitrogens with one attached hydrogen (secondary N) is 1. The van der Waals surface area contributed by atoms with Crippen molar-refractivity contribution in [1.82, 2.24) is 9.88 Å². The maximum Gasteiger partial charge on any atom is 0.289 e. The van der Waals surface area contributed by atoms with Crippen LogP contribution in [0.5, 0.6) is 0 Å². The van der Waals surface area contributed by atoms with Crippen molar-refractivity contribution in [3.8, 4) is 6.07 Å². The van der Waals surface area contributed by atoms with E-state index in [1.54, 1.807) is 6.07 Å². The van der Waals surface area contributed by atoms with Crippen LogP contribution in [0.4, 0.5) is 11.5 Å². The van der Waals surface area contributed by atoms with Gasteiger partial charge in [0, 0.05) is 13.1 Å². The maximum absolute atomic E-state index is 11.7. The first-order valence-corrected chi connectivity index (χ1v) is 5.55. The van der Waals surface area contributed by atoms with E-state index in [1.807, 2.05) is 0 Å². The Labute approximate surface area is 113 Å². The quantitative estimate of drug-likeness (QED) is 0.468. The second-order valence-corrected chi connectivity index (χ2v) is 4.15. The highest BCUT2D eigenvalue weighted by atomic mass is 16.6. The molecule has 0 spiro atoms. The van der Waals surface area contributed by atoms with Gasteiger partial charge in [0.1, 0.15) is 29.7 Å². The number of carbonyl (C=O) groups is 2. The molecule has 1 saturated heterocycles. The molecule has 1 aliphatic heterocycles. The lowest BCUT2D eigenvalue weighted by atomic mass is 10.2. The number of aromatic nitrogens is 1. The third-order valence-electron chi connectivity index (χ3n) is 2.90. The minimum Gasteiger partial charge on any atom is -0.357 e. The zero-order chi connectivity index (χ0) is 14.9. The molecule has 1 atom stereocenters. The van der Waals surface area contributed by atoms with E-state index in [-0.39, 0.29) is 29.4 Å². The Bertz CT molecular complexity index is 651. The Kier molecular flexibility index (Phi) is 3.30. The molecule has 0 aromatic carbocycles. The normalized spacial score (nSPS) is 18.0. The van der Waals surface area contributed by atoms with Crippen molar-refractivity contribution in [3.05, 3.63) is 27.9 Å². The van der Waals surface area contributed by atoms with Gasteiger partial charge in [0.15, 0.2) is 0 Å². The third-order valence-corrected chi connectivity index (χ3v) is 2.90. The lowest BCUT2D eigenvalue weighted by Gasteiger charge is -2.12. The number of nitrogens with zero attached hydrogens (tertiary/aromatic N) is 4. The molecule has 9 nitrogen and oxygen atoms in total. The van der Waals surface area contributed by atoms with Gasteiger partial charge in [-0.25, -0.2) is 4.98 Å². The van der Waals surface area contributed by atoms with E-state index >= 15 is 0 Å². The number of hydrogen-bond acceptors (Lipinski definition) is 7. The van der Waals surface area contributed by atoms with Crippen LogP contribution in [0.3, 0.4) is 0 Å². The molecule has 0 aliphatic carbocycles. The van der Waals surface area contributed by atoms with Crippen LogP contribution in [0.1, 0.15) is 12.0 Å². The fourth-order valence-electron chi connectivity index (χ4n) is 1.79. The molecule has 102 valence electrons. The van der Waals surface area contributed by atoms with Gasteiger partial charge in [-0.2, -0.15) is 5.26 Å². The molecule has 1 fully saturated rings. The maximum atomic E-state index is 11.7. The molecule has 20 heavy (non-hydrogen) atoms. The molecule has 2 rings (SSSR count). The van der Waals surface area contributed by atoms with Crippen molar-refractivity contribution in [2.24, 2.45) is 0 Å². The molecule has 1 unspecified atom stereocenters. The lowest BCUT2D eigenvalue weighted by Crippen LogP contribution is -2.32. The number of likely N-dealkylation sites (N-methyl/N-ethyl adjacent to an activating group) is 1. The minimum absolute atomic E-state index is 0.0413. The molecule has 9 heteroatoms. The van der Waals surface area contributed by atoms with Crippen molar-refractivity contribution in [2.75, 3.05) is 12.4 Å². The Morgan fingerprint density at radius 1 is 1.60 bits per heavy atom. The van der Waals surface area contributed by atoms with Crippen molar-refractivity contribution in [2.45, 2.75) is 12.5 Å². The lowest BCUT2D eigenvalue weighted by molar-refractivity contribution is -0.385. The number of amides is 2. The number of nitro groups is 1. The molecule has 0 bridgehead atoms. The zero-order valence-corrected chi connectivity index (χ0v) is 10.4. The van der Waals surface area contributed by atoms with Crippen molar-refractivity contribution >= 4 is 23.3 Å². The molecule has 2 amide bonds. The van der Waals surface area contributed by atoms with Gasteiger partial charge in [0.25, 0.3) is 11.6 Å². The van der Waals surface area contributed by atoms with Gasteiger partial charge in [-0.1, -0.05) is 0 Å². The highest BCUT2D eigenvalue weighted by molar-refractivity contribution is 6.06. The van der Waals surface area contributed by atoms with Gasteiger partial charge in [-0.3, -0.25) is 24.6 Å². The van der Waals surface area contributed by atoms with Crippen LogP contribution in [-0.4, -0.2) is 39.7 Å². The number of nitriles is 1. The second-order valence-electron chi connectivity index (χ2n) is 4.15. The Morgan fingerprint density at radius 2 is 2.30 bits per heavy atom. The molecule has 0 saturated carbocycles. The summed E-state index contributed by atoms with van der Waals surface area (Å²) < 4.78 is 0. The standard InChI is InChI=1S/C11H9N5O4/c1-15-9(17)3-8(11(15)18)14-10-6(4-12)2-7(5-13-10)16(19)20/h2,5,8H,3H2,1H3,(H,13,14). The summed E-state index contributed by atoms with van der Waals surface area (Å²) in [6.07, 6.45) is 0.938. The van der Waals surface area contributed by atoms with Crippen LogP contribution in [0.2, 0.25) is 0 Å². The summed E-state index contributed by atoms with van der Waals surface area (Å²) in [6, 6.07) is 2.01. The first-order valence-electron chi connectivity index (χ1n) is 5.55. The largest absolute Gasteiger partial charge is 0.357 e. The van der Waals surface area contributed by atoms with Crippen LogP contribution in [0.25, 0.3) is 0 Å². The Hall–Kier alpha value is -3.02.